The van der Waals surface area contributed by atoms with Crippen LogP contribution in [0, 0.1) is 0 Å². The zero-order valence-electron chi connectivity index (χ0n) is 10.3. The van der Waals surface area contributed by atoms with Gasteiger partial charge in [0.25, 0.3) is 0 Å². The van der Waals surface area contributed by atoms with Crippen LogP contribution in [0.1, 0.15) is 18.9 Å². The van der Waals surface area contributed by atoms with Crippen LogP contribution in [0.4, 0.5) is 0 Å². The summed E-state index contributed by atoms with van der Waals surface area (Å²) in [7, 11) is 0. The number of carbonyl (C=O) groups excluding carboxylic acids is 2. The summed E-state index contributed by atoms with van der Waals surface area (Å²) in [5, 5.41) is 2.62. The third kappa shape index (κ3) is 6.42. The molecule has 0 aliphatic heterocycles. The maximum atomic E-state index is 11.3. The molecule has 1 amide bonds. The number of esters is 1. The van der Waals surface area contributed by atoms with E-state index in [2.05, 4.69) is 10.3 Å². The topological polar surface area (TPSA) is 68.3 Å². The van der Waals surface area contributed by atoms with Crippen molar-refractivity contribution in [2.45, 2.75) is 13.3 Å². The summed E-state index contributed by atoms with van der Waals surface area (Å²) in [6.07, 6.45) is 6.94. The summed E-state index contributed by atoms with van der Waals surface area (Å²) in [5.74, 6) is -0.478. The van der Waals surface area contributed by atoms with Crippen molar-refractivity contribution in [2.24, 2.45) is 0 Å². The fraction of sp³-hybridized carbons (Fsp3) is 0.308. The Morgan fingerprint density at radius 3 is 2.78 bits per heavy atom. The molecule has 1 heterocycles. The lowest BCUT2D eigenvalue weighted by molar-refractivity contribution is -0.137. The van der Waals surface area contributed by atoms with E-state index in [1.54, 1.807) is 30.6 Å². The number of nitrogens with one attached hydrogen (secondary N) is 1. The van der Waals surface area contributed by atoms with E-state index in [9.17, 15) is 9.59 Å². The van der Waals surface area contributed by atoms with Gasteiger partial charge in [-0.25, -0.2) is 4.79 Å². The molecule has 96 valence electrons. The van der Waals surface area contributed by atoms with E-state index in [-0.39, 0.29) is 5.91 Å². The number of nitrogens with zero attached hydrogens (tertiary/aromatic N) is 1. The number of amides is 1. The smallest absolute Gasteiger partial charge is 0.330 e. The van der Waals surface area contributed by atoms with Crippen LogP contribution >= 0.6 is 0 Å². The molecule has 0 bridgehead atoms. The first-order valence-electron chi connectivity index (χ1n) is 5.68. The highest BCUT2D eigenvalue weighted by Gasteiger charge is 1.97. The van der Waals surface area contributed by atoms with Gasteiger partial charge >= 0.3 is 5.97 Å². The average molecular weight is 248 g/mol. The highest BCUT2D eigenvalue weighted by Crippen LogP contribution is 1.99. The van der Waals surface area contributed by atoms with E-state index in [0.717, 1.165) is 5.56 Å². The van der Waals surface area contributed by atoms with Gasteiger partial charge in [-0.05, 0) is 30.2 Å². The molecule has 0 unspecified atom stereocenters. The zero-order valence-corrected chi connectivity index (χ0v) is 10.3. The lowest BCUT2D eigenvalue weighted by atomic mass is 10.2. The molecule has 18 heavy (non-hydrogen) atoms. The highest BCUT2D eigenvalue weighted by atomic mass is 16.5. The molecule has 5 heteroatoms. The van der Waals surface area contributed by atoms with Gasteiger partial charge in [0.1, 0.15) is 0 Å². The van der Waals surface area contributed by atoms with Crippen LogP contribution in [0.5, 0.6) is 0 Å². The maximum absolute atomic E-state index is 11.3. The Bertz CT molecular complexity index is 416. The van der Waals surface area contributed by atoms with Crippen LogP contribution < -0.4 is 5.32 Å². The van der Waals surface area contributed by atoms with Gasteiger partial charge < -0.3 is 10.1 Å². The van der Waals surface area contributed by atoms with E-state index in [0.29, 0.717) is 19.6 Å². The molecule has 0 fully saturated rings. The summed E-state index contributed by atoms with van der Waals surface area (Å²) in [6, 6.07) is 3.58. The van der Waals surface area contributed by atoms with Gasteiger partial charge in [-0.2, -0.15) is 0 Å². The van der Waals surface area contributed by atoms with Gasteiger partial charge in [0.2, 0.25) is 5.91 Å². The van der Waals surface area contributed by atoms with Gasteiger partial charge in [0.15, 0.2) is 0 Å². The molecule has 0 radical (unpaired) electrons. The van der Waals surface area contributed by atoms with Crippen molar-refractivity contribution in [1.82, 2.24) is 10.3 Å². The first-order chi connectivity index (χ1) is 8.68. The van der Waals surface area contributed by atoms with Gasteiger partial charge in [-0.1, -0.05) is 0 Å². The molecule has 5 nitrogen and oxygen atoms in total. The van der Waals surface area contributed by atoms with Crippen molar-refractivity contribution in [3.05, 3.63) is 36.2 Å². The molecular formula is C13H16N2O3. The average Bonchev–Trinajstić information content (AvgIpc) is 2.37. The molecule has 1 N–H and O–H groups in total. The van der Waals surface area contributed by atoms with Crippen molar-refractivity contribution < 1.29 is 14.3 Å². The van der Waals surface area contributed by atoms with Gasteiger partial charge in [-0.3, -0.25) is 9.78 Å². The third-order valence-corrected chi connectivity index (χ3v) is 2.06. The minimum Gasteiger partial charge on any atom is -0.462 e. The van der Waals surface area contributed by atoms with Gasteiger partial charge in [0.05, 0.1) is 6.61 Å². The molecular weight excluding hydrogens is 232 g/mol. The fourth-order valence-corrected chi connectivity index (χ4v) is 1.20. The Morgan fingerprint density at radius 2 is 2.11 bits per heavy atom. The fourth-order valence-electron chi connectivity index (χ4n) is 1.20. The molecule has 0 aromatic carbocycles. The Morgan fingerprint density at radius 1 is 1.39 bits per heavy atom. The van der Waals surface area contributed by atoms with Crippen LogP contribution in [0.15, 0.2) is 30.6 Å². The quantitative estimate of drug-likeness (QED) is 0.466. The van der Waals surface area contributed by atoms with Crippen LogP contribution in [-0.2, 0) is 14.3 Å². The SMILES string of the molecule is CC(=O)NCCCOC(=O)C=Cc1ccncc1. The number of ether oxygens (including phenoxy) is 1. The lowest BCUT2D eigenvalue weighted by Gasteiger charge is -2.02. The van der Waals surface area contributed by atoms with Crippen molar-refractivity contribution >= 4 is 18.0 Å². The van der Waals surface area contributed by atoms with Crippen LogP contribution in [0.3, 0.4) is 0 Å². The molecule has 0 spiro atoms. The first kappa shape index (κ1) is 13.9. The van der Waals surface area contributed by atoms with E-state index in [1.807, 2.05) is 0 Å². The Balaban J connectivity index is 2.18. The zero-order chi connectivity index (χ0) is 13.2. The summed E-state index contributed by atoms with van der Waals surface area (Å²) in [4.78, 5) is 25.7. The normalized spacial score (nSPS) is 10.3. The van der Waals surface area contributed by atoms with Gasteiger partial charge in [-0.15, -0.1) is 0 Å². The molecule has 0 aliphatic rings. The minimum atomic E-state index is -0.394. The first-order valence-corrected chi connectivity index (χ1v) is 5.68. The van der Waals surface area contributed by atoms with Gasteiger partial charge in [0, 0.05) is 31.9 Å². The molecule has 0 saturated carbocycles. The van der Waals surface area contributed by atoms with Crippen molar-refractivity contribution in [2.75, 3.05) is 13.2 Å². The van der Waals surface area contributed by atoms with E-state index in [1.165, 1.54) is 13.0 Å². The van der Waals surface area contributed by atoms with Crippen LogP contribution in [-0.4, -0.2) is 30.0 Å². The van der Waals surface area contributed by atoms with E-state index >= 15 is 0 Å². The Labute approximate surface area is 106 Å². The number of hydrogen-bond donors (Lipinski definition) is 1. The summed E-state index contributed by atoms with van der Waals surface area (Å²) in [6.45, 7) is 2.25. The predicted octanol–water partition coefficient (Wildman–Crippen LogP) is 1.16. The summed E-state index contributed by atoms with van der Waals surface area (Å²) >= 11 is 0. The summed E-state index contributed by atoms with van der Waals surface area (Å²) < 4.78 is 4.95. The second-order valence-electron chi connectivity index (χ2n) is 3.62. The monoisotopic (exact) mass is 248 g/mol. The minimum absolute atomic E-state index is 0.0843. The second-order valence-corrected chi connectivity index (χ2v) is 3.62. The molecule has 1 rings (SSSR count). The van der Waals surface area contributed by atoms with Crippen molar-refractivity contribution in [1.29, 1.82) is 0 Å². The summed E-state index contributed by atoms with van der Waals surface area (Å²) in [5.41, 5.74) is 0.889. The number of pyridine rings is 1. The molecule has 0 saturated heterocycles. The molecule has 1 aromatic heterocycles. The molecule has 1 aromatic rings. The van der Waals surface area contributed by atoms with Crippen LogP contribution in [0.25, 0.3) is 6.08 Å². The van der Waals surface area contributed by atoms with Crippen LogP contribution in [0.2, 0.25) is 0 Å². The van der Waals surface area contributed by atoms with Crippen molar-refractivity contribution in [3.63, 3.8) is 0 Å². The number of hydrogen-bond acceptors (Lipinski definition) is 4. The highest BCUT2D eigenvalue weighted by molar-refractivity contribution is 5.86. The standard InChI is InChI=1S/C13H16N2O3/c1-11(16)15-7-2-10-18-13(17)4-3-12-5-8-14-9-6-12/h3-6,8-9H,2,7,10H2,1H3,(H,15,16). The Hall–Kier alpha value is -2.17. The lowest BCUT2D eigenvalue weighted by Crippen LogP contribution is -2.22. The second kappa shape index (κ2) is 8.00. The van der Waals surface area contributed by atoms with E-state index in [4.69, 9.17) is 4.74 Å². The number of rotatable bonds is 6. The predicted molar refractivity (Wildman–Crippen MR) is 67.5 cm³/mol. The van der Waals surface area contributed by atoms with Crippen molar-refractivity contribution in [3.8, 4) is 0 Å². The maximum Gasteiger partial charge on any atom is 0.330 e. The molecule has 0 aliphatic carbocycles. The molecule has 0 atom stereocenters. The van der Waals surface area contributed by atoms with E-state index < -0.39 is 5.97 Å². The number of carbonyl (C=O) groups is 2. The Kier molecular flexibility index (Phi) is 6.17. The number of aromatic nitrogens is 1. The third-order valence-electron chi connectivity index (χ3n) is 2.06. The largest absolute Gasteiger partial charge is 0.462 e.